The Hall–Kier alpha value is -3.31. The number of hydrogen-bond donors (Lipinski definition) is 8. The zero-order valence-corrected chi connectivity index (χ0v) is 20.7. The van der Waals surface area contributed by atoms with E-state index in [1.54, 1.807) is 0 Å². The molecule has 14 heteroatoms. The van der Waals surface area contributed by atoms with E-state index < -0.39 is 79.7 Å². The zero-order chi connectivity index (χ0) is 28.7. The average molecular weight is 564 g/mol. The van der Waals surface area contributed by atoms with E-state index >= 15 is 0 Å². The van der Waals surface area contributed by atoms with E-state index in [0.29, 0.717) is 5.56 Å². The molecule has 0 spiro atoms. The summed E-state index contributed by atoms with van der Waals surface area (Å²) in [6, 6.07) is 9.39. The Morgan fingerprint density at radius 3 is 2.10 bits per heavy atom. The number of aliphatic hydroxyl groups is 6. The summed E-state index contributed by atoms with van der Waals surface area (Å²) in [4.78, 5) is 12.7. The van der Waals surface area contributed by atoms with E-state index in [1.807, 2.05) is 0 Å². The molecular weight excluding hydrogens is 536 g/mol. The fourth-order valence-electron chi connectivity index (χ4n) is 4.56. The highest BCUT2D eigenvalue weighted by Crippen LogP contribution is 2.34. The Kier molecular flexibility index (Phi) is 7.96. The van der Waals surface area contributed by atoms with Crippen LogP contribution in [-0.4, -0.2) is 109 Å². The first kappa shape index (κ1) is 28.2. The normalized spacial score (nSPS) is 32.4. The number of phenols is 2. The van der Waals surface area contributed by atoms with Gasteiger partial charge in [-0.3, -0.25) is 4.79 Å². The van der Waals surface area contributed by atoms with Crippen molar-refractivity contribution in [2.45, 2.75) is 55.3 Å². The van der Waals surface area contributed by atoms with E-state index in [4.69, 9.17) is 23.4 Å². The molecule has 2 aliphatic heterocycles. The van der Waals surface area contributed by atoms with Gasteiger partial charge in [-0.15, -0.1) is 0 Å². The van der Waals surface area contributed by atoms with E-state index in [0.717, 1.165) is 6.07 Å². The maximum absolute atomic E-state index is 12.7. The van der Waals surface area contributed by atoms with Crippen molar-refractivity contribution in [1.82, 2.24) is 0 Å². The van der Waals surface area contributed by atoms with Gasteiger partial charge in [0.15, 0.2) is 11.7 Å². The molecule has 2 aliphatic rings. The third kappa shape index (κ3) is 5.36. The lowest BCUT2D eigenvalue weighted by Crippen LogP contribution is -2.60. The highest BCUT2D eigenvalue weighted by Gasteiger charge is 2.47. The second-order valence-corrected chi connectivity index (χ2v) is 9.51. The number of hydrogen-bond acceptors (Lipinski definition) is 14. The number of aliphatic hydroxyl groups excluding tert-OH is 6. The lowest BCUT2D eigenvalue weighted by molar-refractivity contribution is -0.290. The molecule has 0 radical (unpaired) electrons. The second kappa shape index (κ2) is 11.3. The van der Waals surface area contributed by atoms with Crippen LogP contribution in [0.1, 0.15) is 0 Å². The Balaban J connectivity index is 1.35. The molecule has 0 aliphatic carbocycles. The number of fused-ring (bicyclic) bond motifs is 1. The molecule has 2 saturated heterocycles. The van der Waals surface area contributed by atoms with Gasteiger partial charge in [0.2, 0.25) is 6.29 Å². The highest BCUT2D eigenvalue weighted by molar-refractivity contribution is 5.86. The predicted molar refractivity (Wildman–Crippen MR) is 132 cm³/mol. The molecule has 9 atom stereocenters. The van der Waals surface area contributed by atoms with Crippen LogP contribution < -0.4 is 10.2 Å². The van der Waals surface area contributed by atoms with Crippen molar-refractivity contribution < 1.29 is 64.2 Å². The minimum Gasteiger partial charge on any atom is -0.508 e. The summed E-state index contributed by atoms with van der Waals surface area (Å²) >= 11 is 0. The van der Waals surface area contributed by atoms with Gasteiger partial charge < -0.3 is 64.2 Å². The van der Waals surface area contributed by atoms with E-state index in [9.17, 15) is 45.6 Å². The molecular formula is C26H28O14. The van der Waals surface area contributed by atoms with Crippen LogP contribution in [0.2, 0.25) is 0 Å². The van der Waals surface area contributed by atoms with Crippen LogP contribution >= 0.6 is 0 Å². The molecule has 5 rings (SSSR count). The molecule has 3 heterocycles. The van der Waals surface area contributed by atoms with Crippen LogP contribution in [-0.2, 0) is 14.2 Å². The number of aromatic hydroxyl groups is 2. The van der Waals surface area contributed by atoms with Gasteiger partial charge in [0.05, 0.1) is 13.2 Å². The molecule has 2 fully saturated rings. The predicted octanol–water partition coefficient (Wildman–Crippen LogP) is -1.49. The largest absolute Gasteiger partial charge is 0.508 e. The lowest BCUT2D eigenvalue weighted by atomic mass is 9.99. The van der Waals surface area contributed by atoms with Crippen molar-refractivity contribution in [3.63, 3.8) is 0 Å². The lowest BCUT2D eigenvalue weighted by Gasteiger charge is -2.40. The summed E-state index contributed by atoms with van der Waals surface area (Å²) in [5.74, 6) is -0.454. The van der Waals surface area contributed by atoms with Crippen LogP contribution in [0, 0.1) is 0 Å². The van der Waals surface area contributed by atoms with E-state index in [2.05, 4.69) is 0 Å². The molecule has 0 saturated carbocycles. The Labute approximate surface area is 225 Å². The molecule has 40 heavy (non-hydrogen) atoms. The van der Waals surface area contributed by atoms with Gasteiger partial charge in [-0.05, 0) is 24.3 Å². The smallest absolute Gasteiger partial charge is 0.229 e. The fourth-order valence-corrected chi connectivity index (χ4v) is 4.56. The Morgan fingerprint density at radius 2 is 1.43 bits per heavy atom. The summed E-state index contributed by atoms with van der Waals surface area (Å²) in [6.07, 6.45) is -13.4. The number of ether oxygens (including phenoxy) is 4. The average Bonchev–Trinajstić information content (AvgIpc) is 3.20. The van der Waals surface area contributed by atoms with Crippen molar-refractivity contribution in [3.8, 4) is 28.6 Å². The summed E-state index contributed by atoms with van der Waals surface area (Å²) < 4.78 is 27.6. The second-order valence-electron chi connectivity index (χ2n) is 9.51. The van der Waals surface area contributed by atoms with Gasteiger partial charge in [-0.1, -0.05) is 0 Å². The summed E-state index contributed by atoms with van der Waals surface area (Å²) in [6.45, 7) is -1.05. The van der Waals surface area contributed by atoms with Gasteiger partial charge in [-0.25, -0.2) is 0 Å². The number of benzene rings is 2. The number of phenolic OH excluding ortho intramolecular Hbond substituents is 2. The van der Waals surface area contributed by atoms with E-state index in [-0.39, 0.29) is 28.2 Å². The third-order valence-electron chi connectivity index (χ3n) is 6.78. The summed E-state index contributed by atoms with van der Waals surface area (Å²) in [5, 5.41) is 80.2. The van der Waals surface area contributed by atoms with Crippen molar-refractivity contribution in [1.29, 1.82) is 0 Å². The van der Waals surface area contributed by atoms with Crippen LogP contribution in [0.5, 0.6) is 17.2 Å². The topological polar surface area (TPSA) is 229 Å². The van der Waals surface area contributed by atoms with Crippen LogP contribution in [0.3, 0.4) is 0 Å². The molecule has 9 unspecified atom stereocenters. The molecule has 1 aromatic heterocycles. The van der Waals surface area contributed by atoms with Gasteiger partial charge in [0.1, 0.15) is 76.7 Å². The molecule has 14 nitrogen and oxygen atoms in total. The molecule has 0 bridgehead atoms. The first-order valence-electron chi connectivity index (χ1n) is 12.3. The zero-order valence-electron chi connectivity index (χ0n) is 20.7. The first-order valence-corrected chi connectivity index (χ1v) is 12.3. The van der Waals surface area contributed by atoms with Crippen LogP contribution in [0.4, 0.5) is 0 Å². The van der Waals surface area contributed by atoms with E-state index in [1.165, 1.54) is 36.4 Å². The molecule has 0 amide bonds. The van der Waals surface area contributed by atoms with Gasteiger partial charge in [0.25, 0.3) is 0 Å². The van der Waals surface area contributed by atoms with Gasteiger partial charge >= 0.3 is 0 Å². The Morgan fingerprint density at radius 1 is 0.775 bits per heavy atom. The first-order chi connectivity index (χ1) is 19.1. The van der Waals surface area contributed by atoms with Gasteiger partial charge in [0, 0.05) is 23.8 Å². The van der Waals surface area contributed by atoms with Crippen molar-refractivity contribution in [2.24, 2.45) is 0 Å². The van der Waals surface area contributed by atoms with Crippen molar-refractivity contribution >= 4 is 11.0 Å². The fraction of sp³-hybridized carbons (Fsp3) is 0.423. The highest BCUT2D eigenvalue weighted by atomic mass is 16.7. The minimum absolute atomic E-state index is 0.0150. The Bertz CT molecular complexity index is 1390. The molecule has 8 N–H and O–H groups in total. The molecule has 216 valence electrons. The van der Waals surface area contributed by atoms with Crippen molar-refractivity contribution in [3.05, 3.63) is 52.7 Å². The van der Waals surface area contributed by atoms with Crippen molar-refractivity contribution in [2.75, 3.05) is 13.2 Å². The summed E-state index contributed by atoms with van der Waals surface area (Å²) in [7, 11) is 0. The monoisotopic (exact) mass is 564 g/mol. The third-order valence-corrected chi connectivity index (χ3v) is 6.78. The maximum Gasteiger partial charge on any atom is 0.229 e. The summed E-state index contributed by atoms with van der Waals surface area (Å²) in [5.41, 5.74) is -0.147. The maximum atomic E-state index is 12.7. The SMILES string of the molecule is O=c1cc(-c2ccc(O)cc2)oc2cc(OC3OC(COC4OC(CO)C(O)C4O)C(O)C(O)C3O)cc(O)c12. The quantitative estimate of drug-likeness (QED) is 0.164. The number of rotatable bonds is 7. The van der Waals surface area contributed by atoms with Gasteiger partial charge in [-0.2, -0.15) is 0 Å². The van der Waals surface area contributed by atoms with Crippen LogP contribution in [0.15, 0.2) is 51.7 Å². The minimum atomic E-state index is -1.76. The standard InChI is InChI=1S/C26H28O14/c27-8-17-20(31)23(34)25(39-17)36-9-18-21(32)22(33)24(35)26(40-18)37-12-5-13(29)19-14(30)7-15(38-16(19)6-12)10-1-3-11(28)4-2-10/h1-7,17-18,20-29,31-35H,8-9H2. The molecule has 3 aromatic rings. The molecule has 2 aromatic carbocycles. The van der Waals surface area contributed by atoms with Crippen LogP contribution in [0.25, 0.3) is 22.3 Å².